The second-order valence-electron chi connectivity index (χ2n) is 5.64. The second kappa shape index (κ2) is 6.17. The zero-order chi connectivity index (χ0) is 16.6. The third-order valence-corrected chi connectivity index (χ3v) is 4.26. The number of rotatable bonds is 4. The van der Waals surface area contributed by atoms with Gasteiger partial charge in [-0.15, -0.1) is 10.2 Å². The lowest BCUT2D eigenvalue weighted by molar-refractivity contribution is 0.0584. The maximum Gasteiger partial charge on any atom is 0.233 e. The predicted octanol–water partition coefficient (Wildman–Crippen LogP) is 2.01. The van der Waals surface area contributed by atoms with Crippen LogP contribution in [0.5, 0.6) is 11.5 Å². The molecule has 2 atom stereocenters. The number of aliphatic hydroxyl groups is 1. The Morgan fingerprint density at radius 3 is 2.57 bits per heavy atom. The molecule has 3 rings (SSSR count). The molecule has 0 fully saturated rings. The molecule has 2 heterocycles. The molecule has 1 aliphatic heterocycles. The Balaban J connectivity index is 1.96. The molecule has 7 heteroatoms. The van der Waals surface area contributed by atoms with Crippen molar-refractivity contribution >= 4 is 0 Å². The van der Waals surface area contributed by atoms with Crippen molar-refractivity contribution in [1.82, 2.24) is 15.1 Å². The number of methoxy groups -OCH3 is 2. The monoisotopic (exact) mass is 319 g/mol. The Morgan fingerprint density at radius 2 is 1.96 bits per heavy atom. The molecule has 1 aliphatic rings. The molecule has 2 aromatic rings. The SMILES string of the molecule is COc1ccc(OC)c2c1CN([C@@H](C)c1nnc(C)o1)C[C@H]2O. The fourth-order valence-electron chi connectivity index (χ4n) is 3.03. The molecular formula is C16H21N3O4. The van der Waals surface area contributed by atoms with Crippen molar-refractivity contribution in [3.63, 3.8) is 0 Å². The lowest BCUT2D eigenvalue weighted by Gasteiger charge is -2.36. The van der Waals surface area contributed by atoms with Crippen LogP contribution in [0.1, 0.15) is 42.0 Å². The topological polar surface area (TPSA) is 80.9 Å². The van der Waals surface area contributed by atoms with Crippen molar-refractivity contribution in [3.8, 4) is 11.5 Å². The molecule has 1 N–H and O–H groups in total. The molecule has 0 radical (unpaired) electrons. The van der Waals surface area contributed by atoms with E-state index in [2.05, 4.69) is 15.1 Å². The number of hydrogen-bond acceptors (Lipinski definition) is 7. The van der Waals surface area contributed by atoms with Crippen LogP contribution in [0, 0.1) is 6.92 Å². The highest BCUT2D eigenvalue weighted by atomic mass is 16.5. The van der Waals surface area contributed by atoms with Crippen LogP contribution >= 0.6 is 0 Å². The highest BCUT2D eigenvalue weighted by molar-refractivity contribution is 5.51. The second-order valence-corrected chi connectivity index (χ2v) is 5.64. The van der Waals surface area contributed by atoms with Gasteiger partial charge < -0.3 is 19.0 Å². The first kappa shape index (κ1) is 15.8. The molecular weight excluding hydrogens is 298 g/mol. The number of nitrogens with zero attached hydrogens (tertiary/aromatic N) is 3. The van der Waals surface area contributed by atoms with E-state index in [0.717, 1.165) is 16.9 Å². The lowest BCUT2D eigenvalue weighted by atomic mass is 9.94. The summed E-state index contributed by atoms with van der Waals surface area (Å²) in [7, 11) is 3.23. The van der Waals surface area contributed by atoms with Crippen molar-refractivity contribution in [3.05, 3.63) is 35.0 Å². The van der Waals surface area contributed by atoms with Crippen LogP contribution in [0.15, 0.2) is 16.5 Å². The van der Waals surface area contributed by atoms with Crippen molar-refractivity contribution in [1.29, 1.82) is 0 Å². The summed E-state index contributed by atoms with van der Waals surface area (Å²) in [5.74, 6) is 2.48. The third-order valence-electron chi connectivity index (χ3n) is 4.26. The van der Waals surface area contributed by atoms with E-state index in [4.69, 9.17) is 13.9 Å². The Hall–Kier alpha value is -2.12. The molecule has 0 unspecified atom stereocenters. The summed E-state index contributed by atoms with van der Waals surface area (Å²) >= 11 is 0. The summed E-state index contributed by atoms with van der Waals surface area (Å²) < 4.78 is 16.4. The number of aryl methyl sites for hydroxylation is 1. The summed E-state index contributed by atoms with van der Waals surface area (Å²) in [5, 5.41) is 18.6. The smallest absolute Gasteiger partial charge is 0.233 e. The van der Waals surface area contributed by atoms with Gasteiger partial charge in [-0.05, 0) is 19.1 Å². The Bertz CT molecular complexity index is 701. The molecule has 0 saturated heterocycles. The first-order valence-corrected chi connectivity index (χ1v) is 7.51. The van der Waals surface area contributed by atoms with Crippen LogP contribution in [0.2, 0.25) is 0 Å². The summed E-state index contributed by atoms with van der Waals surface area (Å²) in [4.78, 5) is 2.09. The van der Waals surface area contributed by atoms with E-state index in [1.54, 1.807) is 21.1 Å². The average molecular weight is 319 g/mol. The maximum absolute atomic E-state index is 10.6. The predicted molar refractivity (Wildman–Crippen MR) is 82.4 cm³/mol. The highest BCUT2D eigenvalue weighted by Gasteiger charge is 2.33. The van der Waals surface area contributed by atoms with E-state index in [0.29, 0.717) is 30.6 Å². The van der Waals surface area contributed by atoms with Crippen LogP contribution in [0.25, 0.3) is 0 Å². The van der Waals surface area contributed by atoms with Gasteiger partial charge in [0, 0.05) is 31.1 Å². The number of benzene rings is 1. The van der Waals surface area contributed by atoms with Crippen LogP contribution in [0.3, 0.4) is 0 Å². The minimum atomic E-state index is -0.671. The van der Waals surface area contributed by atoms with Crippen molar-refractivity contribution < 1.29 is 19.0 Å². The molecule has 1 aromatic heterocycles. The zero-order valence-corrected chi connectivity index (χ0v) is 13.7. The summed E-state index contributed by atoms with van der Waals surface area (Å²) in [6, 6.07) is 3.58. The van der Waals surface area contributed by atoms with Gasteiger partial charge in [0.05, 0.1) is 26.4 Å². The molecule has 0 spiro atoms. The largest absolute Gasteiger partial charge is 0.496 e. The van der Waals surface area contributed by atoms with Gasteiger partial charge >= 0.3 is 0 Å². The first-order valence-electron chi connectivity index (χ1n) is 7.51. The first-order chi connectivity index (χ1) is 11.0. The number of β-amino-alcohol motifs (C(OH)–C–C–N with tert-alkyl or cyclic N) is 1. The minimum Gasteiger partial charge on any atom is -0.496 e. The molecule has 7 nitrogen and oxygen atoms in total. The van der Waals surface area contributed by atoms with Crippen molar-refractivity contribution in [2.75, 3.05) is 20.8 Å². The minimum absolute atomic E-state index is 0.102. The summed E-state index contributed by atoms with van der Waals surface area (Å²) in [6.07, 6.45) is -0.671. The lowest BCUT2D eigenvalue weighted by Crippen LogP contribution is -2.36. The fraction of sp³-hybridized carbons (Fsp3) is 0.500. The van der Waals surface area contributed by atoms with Gasteiger partial charge in [0.15, 0.2) is 0 Å². The summed E-state index contributed by atoms with van der Waals surface area (Å²) in [5.41, 5.74) is 1.71. The van der Waals surface area contributed by atoms with Crippen molar-refractivity contribution in [2.24, 2.45) is 0 Å². The van der Waals surface area contributed by atoms with E-state index < -0.39 is 6.10 Å². The van der Waals surface area contributed by atoms with Gasteiger partial charge in [-0.1, -0.05) is 0 Å². The highest BCUT2D eigenvalue weighted by Crippen LogP contribution is 2.41. The van der Waals surface area contributed by atoms with E-state index in [9.17, 15) is 5.11 Å². The Morgan fingerprint density at radius 1 is 1.26 bits per heavy atom. The molecule has 0 saturated carbocycles. The van der Waals surface area contributed by atoms with Gasteiger partial charge in [0.1, 0.15) is 11.5 Å². The number of hydrogen-bond donors (Lipinski definition) is 1. The molecule has 0 bridgehead atoms. The van der Waals surface area contributed by atoms with Crippen molar-refractivity contribution in [2.45, 2.75) is 32.5 Å². The Kier molecular flexibility index (Phi) is 4.23. The maximum atomic E-state index is 10.6. The standard InChI is InChI=1S/C16H21N3O4/c1-9(16-18-17-10(2)23-16)19-7-11-13(21-3)5-6-14(22-4)15(11)12(20)8-19/h5-6,9,12,20H,7-8H2,1-4H3/t9-,12+/m0/s1. The van der Waals surface area contributed by atoms with Crippen LogP contribution < -0.4 is 9.47 Å². The van der Waals surface area contributed by atoms with Gasteiger partial charge in [0.25, 0.3) is 0 Å². The van der Waals surface area contributed by atoms with Gasteiger partial charge in [-0.3, -0.25) is 4.90 Å². The Labute approximate surface area is 134 Å². The number of aromatic nitrogens is 2. The van der Waals surface area contributed by atoms with Crippen LogP contribution in [-0.2, 0) is 6.54 Å². The quantitative estimate of drug-likeness (QED) is 0.923. The third kappa shape index (κ3) is 2.77. The van der Waals surface area contributed by atoms with Gasteiger partial charge in [0.2, 0.25) is 11.8 Å². The van der Waals surface area contributed by atoms with Crippen LogP contribution in [0.4, 0.5) is 0 Å². The molecule has 0 amide bonds. The fourth-order valence-corrected chi connectivity index (χ4v) is 3.03. The number of aliphatic hydroxyl groups excluding tert-OH is 1. The van der Waals surface area contributed by atoms with Gasteiger partial charge in [-0.25, -0.2) is 0 Å². The van der Waals surface area contributed by atoms with E-state index in [1.165, 1.54) is 0 Å². The van der Waals surface area contributed by atoms with E-state index in [-0.39, 0.29) is 6.04 Å². The molecule has 0 aliphatic carbocycles. The molecule has 1 aromatic carbocycles. The average Bonchev–Trinajstić information content (AvgIpc) is 2.99. The summed E-state index contributed by atoms with van der Waals surface area (Å²) in [6.45, 7) is 4.81. The molecule has 23 heavy (non-hydrogen) atoms. The van der Waals surface area contributed by atoms with Crippen LogP contribution in [-0.4, -0.2) is 41.0 Å². The van der Waals surface area contributed by atoms with Gasteiger partial charge in [-0.2, -0.15) is 0 Å². The normalized spacial score (nSPS) is 19.3. The number of fused-ring (bicyclic) bond motifs is 1. The number of ether oxygens (including phenoxy) is 2. The van der Waals surface area contributed by atoms with E-state index >= 15 is 0 Å². The molecule has 124 valence electrons. The zero-order valence-electron chi connectivity index (χ0n) is 13.7. The van der Waals surface area contributed by atoms with E-state index in [1.807, 2.05) is 19.1 Å².